The molecule has 9 rings (SSSR count). The molecule has 3 aromatic heterocycles. The molecule has 218 valence electrons. The highest BCUT2D eigenvalue weighted by Gasteiger charge is 2.40. The van der Waals surface area contributed by atoms with Gasteiger partial charge in [-0.15, -0.1) is 0 Å². The Morgan fingerprint density at radius 2 is 1.24 bits per heavy atom. The molecule has 1 aliphatic rings. The standard InChI is InChI=1S/C42H29N3O/c1-42(2)34-17-5-3-14-33(34)39-37(42)38(27-22-20-26(21-23-27)35-18-7-8-24-43-35)44-41(45-39)29-12-9-11-28(25-29)30-15-10-16-32-31-13-4-6-19-36(31)46-40(30)32/h3-25H,1-2H3. The molecule has 0 saturated carbocycles. The van der Waals surface area contributed by atoms with Crippen molar-refractivity contribution in [3.8, 4) is 56.3 Å². The van der Waals surface area contributed by atoms with Gasteiger partial charge in [-0.25, -0.2) is 9.97 Å². The summed E-state index contributed by atoms with van der Waals surface area (Å²) < 4.78 is 6.39. The van der Waals surface area contributed by atoms with Crippen LogP contribution in [0.5, 0.6) is 0 Å². The van der Waals surface area contributed by atoms with Crippen LogP contribution in [0, 0.1) is 0 Å². The first-order chi connectivity index (χ1) is 22.6. The van der Waals surface area contributed by atoms with Crippen LogP contribution in [0.3, 0.4) is 0 Å². The van der Waals surface area contributed by atoms with Gasteiger partial charge in [0.05, 0.1) is 17.1 Å². The monoisotopic (exact) mass is 591 g/mol. The summed E-state index contributed by atoms with van der Waals surface area (Å²) in [6.07, 6.45) is 1.83. The SMILES string of the molecule is CC1(C)c2ccccc2-c2nc(-c3cccc(-c4cccc5c4oc4ccccc45)c3)nc(-c3ccc(-c4ccccn4)cc3)c21. The maximum absolute atomic E-state index is 6.39. The van der Waals surface area contributed by atoms with Crippen molar-refractivity contribution in [3.05, 3.63) is 151 Å². The number of furan rings is 1. The van der Waals surface area contributed by atoms with E-state index in [1.807, 2.05) is 36.5 Å². The van der Waals surface area contributed by atoms with E-state index in [4.69, 9.17) is 14.4 Å². The van der Waals surface area contributed by atoms with Crippen LogP contribution in [0.1, 0.15) is 25.0 Å². The smallest absolute Gasteiger partial charge is 0.160 e. The van der Waals surface area contributed by atoms with Crippen molar-refractivity contribution in [1.82, 2.24) is 15.0 Å². The zero-order valence-electron chi connectivity index (χ0n) is 25.5. The molecule has 0 fully saturated rings. The van der Waals surface area contributed by atoms with Crippen molar-refractivity contribution < 1.29 is 4.42 Å². The second-order valence-corrected chi connectivity index (χ2v) is 12.4. The number of pyridine rings is 1. The molecule has 0 radical (unpaired) electrons. The molecule has 4 heteroatoms. The van der Waals surface area contributed by atoms with Crippen LogP contribution in [-0.2, 0) is 5.41 Å². The molecule has 0 atom stereocenters. The van der Waals surface area contributed by atoms with Gasteiger partial charge in [0.15, 0.2) is 5.82 Å². The maximum Gasteiger partial charge on any atom is 0.160 e. The van der Waals surface area contributed by atoms with Crippen LogP contribution < -0.4 is 0 Å². The van der Waals surface area contributed by atoms with E-state index in [1.165, 1.54) is 11.1 Å². The van der Waals surface area contributed by atoms with Gasteiger partial charge in [0.1, 0.15) is 11.2 Å². The van der Waals surface area contributed by atoms with E-state index in [2.05, 4.69) is 122 Å². The average molecular weight is 592 g/mol. The van der Waals surface area contributed by atoms with Gasteiger partial charge < -0.3 is 4.42 Å². The second kappa shape index (κ2) is 10.1. The van der Waals surface area contributed by atoms with Crippen LogP contribution in [0.4, 0.5) is 0 Å². The zero-order chi connectivity index (χ0) is 30.8. The Balaban J connectivity index is 1.23. The van der Waals surface area contributed by atoms with Gasteiger partial charge >= 0.3 is 0 Å². The fraction of sp³-hybridized carbons (Fsp3) is 0.0714. The Bertz CT molecular complexity index is 2440. The Morgan fingerprint density at radius 1 is 0.543 bits per heavy atom. The molecule has 0 aliphatic heterocycles. The van der Waals surface area contributed by atoms with E-state index in [1.54, 1.807) is 0 Å². The number of para-hydroxylation sites is 2. The topological polar surface area (TPSA) is 51.8 Å². The lowest BCUT2D eigenvalue weighted by Crippen LogP contribution is -2.17. The Hall–Kier alpha value is -5.87. The fourth-order valence-corrected chi connectivity index (χ4v) is 7.09. The lowest BCUT2D eigenvalue weighted by molar-refractivity contribution is 0.658. The van der Waals surface area contributed by atoms with E-state index in [0.717, 1.165) is 72.4 Å². The predicted molar refractivity (Wildman–Crippen MR) is 186 cm³/mol. The molecule has 4 nitrogen and oxygen atoms in total. The van der Waals surface area contributed by atoms with Crippen molar-refractivity contribution in [2.75, 3.05) is 0 Å². The molecule has 0 spiro atoms. The number of hydrogen-bond donors (Lipinski definition) is 0. The van der Waals surface area contributed by atoms with Crippen molar-refractivity contribution in [3.63, 3.8) is 0 Å². The van der Waals surface area contributed by atoms with E-state index < -0.39 is 0 Å². The van der Waals surface area contributed by atoms with Gasteiger partial charge in [-0.05, 0) is 35.4 Å². The number of fused-ring (bicyclic) bond motifs is 6. The highest BCUT2D eigenvalue weighted by atomic mass is 16.3. The lowest BCUT2D eigenvalue weighted by atomic mass is 9.80. The Morgan fingerprint density at radius 3 is 2.11 bits per heavy atom. The number of benzene rings is 5. The zero-order valence-corrected chi connectivity index (χ0v) is 25.5. The van der Waals surface area contributed by atoms with Crippen molar-refractivity contribution in [2.45, 2.75) is 19.3 Å². The van der Waals surface area contributed by atoms with Crippen LogP contribution in [0.15, 0.2) is 144 Å². The molecular weight excluding hydrogens is 562 g/mol. The van der Waals surface area contributed by atoms with Crippen LogP contribution in [0.25, 0.3) is 78.2 Å². The molecule has 1 aliphatic carbocycles. The average Bonchev–Trinajstić information content (AvgIpc) is 3.61. The number of rotatable bonds is 4. The minimum Gasteiger partial charge on any atom is -0.455 e. The van der Waals surface area contributed by atoms with Gasteiger partial charge in [0.25, 0.3) is 0 Å². The van der Waals surface area contributed by atoms with Crippen molar-refractivity contribution in [2.24, 2.45) is 0 Å². The van der Waals surface area contributed by atoms with E-state index in [-0.39, 0.29) is 5.41 Å². The van der Waals surface area contributed by atoms with Gasteiger partial charge in [-0.1, -0.05) is 123 Å². The number of aromatic nitrogens is 3. The Labute approximate surface area is 267 Å². The highest BCUT2D eigenvalue weighted by molar-refractivity contribution is 6.09. The molecule has 46 heavy (non-hydrogen) atoms. The molecule has 0 amide bonds. The molecule has 0 N–H and O–H groups in total. The summed E-state index contributed by atoms with van der Waals surface area (Å²) in [6.45, 7) is 4.56. The van der Waals surface area contributed by atoms with Crippen LogP contribution in [0.2, 0.25) is 0 Å². The summed E-state index contributed by atoms with van der Waals surface area (Å²) in [5, 5.41) is 2.24. The first-order valence-electron chi connectivity index (χ1n) is 15.6. The van der Waals surface area contributed by atoms with Gasteiger partial charge in [-0.3, -0.25) is 4.98 Å². The summed E-state index contributed by atoms with van der Waals surface area (Å²) in [4.78, 5) is 15.2. The third-order valence-electron chi connectivity index (χ3n) is 9.34. The maximum atomic E-state index is 6.39. The summed E-state index contributed by atoms with van der Waals surface area (Å²) in [6, 6.07) is 46.3. The molecule has 5 aromatic carbocycles. The molecule has 0 saturated heterocycles. The largest absolute Gasteiger partial charge is 0.455 e. The summed E-state index contributed by atoms with van der Waals surface area (Å²) in [5.41, 5.74) is 13.2. The minimum absolute atomic E-state index is 0.252. The van der Waals surface area contributed by atoms with Gasteiger partial charge in [0, 0.05) is 55.8 Å². The first kappa shape index (κ1) is 26.5. The van der Waals surface area contributed by atoms with E-state index in [0.29, 0.717) is 5.82 Å². The summed E-state index contributed by atoms with van der Waals surface area (Å²) in [5.74, 6) is 0.702. The second-order valence-electron chi connectivity index (χ2n) is 12.4. The lowest BCUT2D eigenvalue weighted by Gasteiger charge is -2.24. The third-order valence-corrected chi connectivity index (χ3v) is 9.34. The highest BCUT2D eigenvalue weighted by Crippen LogP contribution is 2.51. The van der Waals surface area contributed by atoms with Crippen molar-refractivity contribution in [1.29, 1.82) is 0 Å². The van der Waals surface area contributed by atoms with Crippen LogP contribution >= 0.6 is 0 Å². The number of hydrogen-bond acceptors (Lipinski definition) is 4. The van der Waals surface area contributed by atoms with Gasteiger partial charge in [0.2, 0.25) is 0 Å². The Kier molecular flexibility index (Phi) is 5.81. The normalized spacial score (nSPS) is 13.2. The molecule has 3 heterocycles. The summed E-state index contributed by atoms with van der Waals surface area (Å²) >= 11 is 0. The predicted octanol–water partition coefficient (Wildman–Crippen LogP) is 10.7. The van der Waals surface area contributed by atoms with Crippen LogP contribution in [-0.4, -0.2) is 15.0 Å². The van der Waals surface area contributed by atoms with Crippen molar-refractivity contribution >= 4 is 21.9 Å². The quantitative estimate of drug-likeness (QED) is 0.204. The molecule has 0 bridgehead atoms. The van der Waals surface area contributed by atoms with Gasteiger partial charge in [-0.2, -0.15) is 0 Å². The summed E-state index contributed by atoms with van der Waals surface area (Å²) in [7, 11) is 0. The van der Waals surface area contributed by atoms with E-state index in [9.17, 15) is 0 Å². The minimum atomic E-state index is -0.252. The third kappa shape index (κ3) is 4.04. The number of nitrogens with zero attached hydrogens (tertiary/aromatic N) is 3. The first-order valence-corrected chi connectivity index (χ1v) is 15.6. The molecule has 0 unspecified atom stereocenters. The molecular formula is C42H29N3O. The molecule has 8 aromatic rings. The fourth-order valence-electron chi connectivity index (χ4n) is 7.09. The van der Waals surface area contributed by atoms with E-state index >= 15 is 0 Å².